The predicted molar refractivity (Wildman–Crippen MR) is 111 cm³/mol. The highest BCUT2D eigenvalue weighted by Crippen LogP contribution is 2.27. The molecule has 6 nitrogen and oxygen atoms in total. The van der Waals surface area contributed by atoms with Crippen molar-refractivity contribution in [1.82, 2.24) is 14.7 Å². The summed E-state index contributed by atoms with van der Waals surface area (Å²) in [6, 6.07) is 10.5. The van der Waals surface area contributed by atoms with Crippen LogP contribution in [0.25, 0.3) is 27.6 Å². The quantitative estimate of drug-likeness (QED) is 0.546. The molecular formula is C22H22N4O2. The second-order valence-electron chi connectivity index (χ2n) is 7.50. The lowest BCUT2D eigenvalue weighted by Gasteiger charge is -2.33. The number of anilines is 1. The zero-order valence-corrected chi connectivity index (χ0v) is 16.0. The molecule has 0 radical (unpaired) electrons. The SMILES string of the molecule is Cc1nccn2cc(-c3cc4ccc(N5CCN[C@H](C)C5)cc4oc3=O)cc12. The third-order valence-corrected chi connectivity index (χ3v) is 5.48. The van der Waals surface area contributed by atoms with Crippen LogP contribution < -0.4 is 15.8 Å². The van der Waals surface area contributed by atoms with Gasteiger partial charge in [0.05, 0.1) is 16.8 Å². The highest BCUT2D eigenvalue weighted by atomic mass is 16.4. The lowest BCUT2D eigenvalue weighted by Crippen LogP contribution is -2.49. The smallest absolute Gasteiger partial charge is 0.344 e. The van der Waals surface area contributed by atoms with Crippen LogP contribution in [-0.4, -0.2) is 35.1 Å². The summed E-state index contributed by atoms with van der Waals surface area (Å²) in [4.78, 5) is 19.4. The van der Waals surface area contributed by atoms with Crippen molar-refractivity contribution in [3.63, 3.8) is 0 Å². The van der Waals surface area contributed by atoms with Gasteiger partial charge in [0.2, 0.25) is 0 Å². The van der Waals surface area contributed by atoms with Gasteiger partial charge in [-0.3, -0.25) is 4.98 Å². The van der Waals surface area contributed by atoms with Gasteiger partial charge >= 0.3 is 5.63 Å². The number of nitrogens with zero attached hydrogens (tertiary/aromatic N) is 3. The average molecular weight is 374 g/mol. The first kappa shape index (κ1) is 17.0. The number of hydrogen-bond donors (Lipinski definition) is 1. The number of aromatic nitrogens is 2. The van der Waals surface area contributed by atoms with Gasteiger partial charge in [0, 0.05) is 67.0 Å². The maximum Gasteiger partial charge on any atom is 0.344 e. The molecule has 142 valence electrons. The normalized spacial score (nSPS) is 17.5. The summed E-state index contributed by atoms with van der Waals surface area (Å²) in [5.41, 5.74) is 4.71. The average Bonchev–Trinajstić information content (AvgIpc) is 3.12. The molecule has 0 aliphatic carbocycles. The number of rotatable bonds is 2. The van der Waals surface area contributed by atoms with E-state index in [1.165, 1.54) is 0 Å². The molecular weight excluding hydrogens is 352 g/mol. The lowest BCUT2D eigenvalue weighted by molar-refractivity contribution is 0.484. The van der Waals surface area contributed by atoms with Gasteiger partial charge in [-0.15, -0.1) is 0 Å². The Morgan fingerprint density at radius 3 is 2.96 bits per heavy atom. The first-order chi connectivity index (χ1) is 13.6. The molecule has 28 heavy (non-hydrogen) atoms. The van der Waals surface area contributed by atoms with E-state index < -0.39 is 0 Å². The molecule has 0 amide bonds. The summed E-state index contributed by atoms with van der Waals surface area (Å²) in [6.07, 6.45) is 5.58. The Labute approximate surface area is 162 Å². The van der Waals surface area contributed by atoms with Crippen molar-refractivity contribution in [1.29, 1.82) is 0 Å². The first-order valence-electron chi connectivity index (χ1n) is 9.58. The van der Waals surface area contributed by atoms with Gasteiger partial charge in [-0.25, -0.2) is 4.79 Å². The van der Waals surface area contributed by atoms with Gasteiger partial charge in [-0.2, -0.15) is 0 Å². The standard InChI is InChI=1S/C22H22N4O2/c1-14-12-25(7-5-23-14)18-4-3-16-9-19(22(27)28-21(16)11-18)17-10-20-15(2)24-6-8-26(20)13-17/h3-4,6,8-11,13-14,23H,5,7,12H2,1-2H3/t14-/m1/s1. The molecule has 1 aromatic carbocycles. The van der Waals surface area contributed by atoms with Crippen molar-refractivity contribution in [2.45, 2.75) is 19.9 Å². The van der Waals surface area contributed by atoms with Gasteiger partial charge < -0.3 is 19.0 Å². The molecule has 0 bridgehead atoms. The molecule has 3 aromatic heterocycles. The minimum atomic E-state index is -0.320. The van der Waals surface area contributed by atoms with Crippen molar-refractivity contribution in [3.05, 3.63) is 65.0 Å². The van der Waals surface area contributed by atoms with E-state index in [4.69, 9.17) is 4.42 Å². The second-order valence-corrected chi connectivity index (χ2v) is 7.50. The number of piperazine rings is 1. The molecule has 1 atom stereocenters. The molecule has 6 heteroatoms. The first-order valence-corrected chi connectivity index (χ1v) is 9.58. The van der Waals surface area contributed by atoms with Gasteiger partial charge in [-0.1, -0.05) is 0 Å². The Kier molecular flexibility index (Phi) is 3.94. The Morgan fingerprint density at radius 2 is 2.14 bits per heavy atom. The van der Waals surface area contributed by atoms with Crippen LogP contribution in [0.5, 0.6) is 0 Å². The summed E-state index contributed by atoms with van der Waals surface area (Å²) < 4.78 is 7.69. The molecule has 1 aliphatic heterocycles. The lowest BCUT2D eigenvalue weighted by atomic mass is 10.1. The van der Waals surface area contributed by atoms with E-state index in [0.717, 1.165) is 47.5 Å². The van der Waals surface area contributed by atoms with Crippen LogP contribution in [0.3, 0.4) is 0 Å². The van der Waals surface area contributed by atoms with Crippen LogP contribution in [0, 0.1) is 6.92 Å². The zero-order chi connectivity index (χ0) is 19.3. The molecule has 1 saturated heterocycles. The van der Waals surface area contributed by atoms with Crippen molar-refractivity contribution >= 4 is 22.2 Å². The van der Waals surface area contributed by atoms with Gasteiger partial charge in [-0.05, 0) is 38.1 Å². The summed E-state index contributed by atoms with van der Waals surface area (Å²) in [7, 11) is 0. The summed E-state index contributed by atoms with van der Waals surface area (Å²) in [6.45, 7) is 6.99. The predicted octanol–water partition coefficient (Wildman–Crippen LogP) is 3.21. The summed E-state index contributed by atoms with van der Waals surface area (Å²) >= 11 is 0. The number of fused-ring (bicyclic) bond motifs is 2. The monoisotopic (exact) mass is 374 g/mol. The van der Waals surface area contributed by atoms with E-state index >= 15 is 0 Å². The number of benzene rings is 1. The fourth-order valence-electron chi connectivity index (χ4n) is 3.99. The topological polar surface area (TPSA) is 62.8 Å². The summed E-state index contributed by atoms with van der Waals surface area (Å²) in [5, 5.41) is 4.37. The highest BCUT2D eigenvalue weighted by molar-refractivity contribution is 5.85. The van der Waals surface area contributed by atoms with Crippen LogP contribution >= 0.6 is 0 Å². The Balaban J connectivity index is 1.57. The number of hydrogen-bond acceptors (Lipinski definition) is 5. The third-order valence-electron chi connectivity index (χ3n) is 5.48. The van der Waals surface area contributed by atoms with Crippen molar-refractivity contribution in [3.8, 4) is 11.1 Å². The zero-order valence-electron chi connectivity index (χ0n) is 16.0. The van der Waals surface area contributed by atoms with Crippen molar-refractivity contribution in [2.24, 2.45) is 0 Å². The molecule has 0 saturated carbocycles. The molecule has 4 heterocycles. The summed E-state index contributed by atoms with van der Waals surface area (Å²) in [5.74, 6) is 0. The molecule has 1 N–H and O–H groups in total. The second kappa shape index (κ2) is 6.49. The van der Waals surface area contributed by atoms with E-state index in [1.54, 1.807) is 6.20 Å². The Hall–Kier alpha value is -3.12. The number of aryl methyl sites for hydroxylation is 1. The van der Waals surface area contributed by atoms with E-state index in [-0.39, 0.29) is 5.63 Å². The van der Waals surface area contributed by atoms with Gasteiger partial charge in [0.25, 0.3) is 0 Å². The molecule has 5 rings (SSSR count). The van der Waals surface area contributed by atoms with Gasteiger partial charge in [0.1, 0.15) is 5.58 Å². The van der Waals surface area contributed by atoms with E-state index in [9.17, 15) is 4.79 Å². The van der Waals surface area contributed by atoms with E-state index in [1.807, 2.05) is 48.0 Å². The molecule has 0 unspecified atom stereocenters. The fraction of sp³-hybridized carbons (Fsp3) is 0.273. The highest BCUT2D eigenvalue weighted by Gasteiger charge is 2.17. The van der Waals surface area contributed by atoms with Crippen LogP contribution in [-0.2, 0) is 0 Å². The minimum Gasteiger partial charge on any atom is -0.422 e. The van der Waals surface area contributed by atoms with Crippen molar-refractivity contribution < 1.29 is 4.42 Å². The third kappa shape index (κ3) is 2.86. The molecule has 1 aliphatic rings. The van der Waals surface area contributed by atoms with E-state index in [0.29, 0.717) is 17.2 Å². The van der Waals surface area contributed by atoms with Gasteiger partial charge in [0.15, 0.2) is 0 Å². The van der Waals surface area contributed by atoms with Crippen molar-refractivity contribution in [2.75, 3.05) is 24.5 Å². The van der Waals surface area contributed by atoms with Crippen LogP contribution in [0.15, 0.2) is 58.1 Å². The number of nitrogens with one attached hydrogen (secondary N) is 1. The van der Waals surface area contributed by atoms with E-state index in [2.05, 4.69) is 28.2 Å². The van der Waals surface area contributed by atoms with Crippen LogP contribution in [0.4, 0.5) is 5.69 Å². The van der Waals surface area contributed by atoms with Crippen LogP contribution in [0.2, 0.25) is 0 Å². The molecule has 0 spiro atoms. The Morgan fingerprint density at radius 1 is 1.25 bits per heavy atom. The largest absolute Gasteiger partial charge is 0.422 e. The maximum atomic E-state index is 12.7. The molecule has 1 fully saturated rings. The fourth-order valence-corrected chi connectivity index (χ4v) is 3.99. The maximum absolute atomic E-state index is 12.7. The minimum absolute atomic E-state index is 0.320. The Bertz CT molecular complexity index is 1240. The van der Waals surface area contributed by atoms with Crippen LogP contribution in [0.1, 0.15) is 12.6 Å². The molecule has 4 aromatic rings.